The van der Waals surface area contributed by atoms with E-state index in [1.165, 1.54) is 16.7 Å². The molecule has 0 radical (unpaired) electrons. The van der Waals surface area contributed by atoms with Crippen molar-refractivity contribution in [1.82, 2.24) is 0 Å². The van der Waals surface area contributed by atoms with Crippen LogP contribution in [0.25, 0.3) is 0 Å². The molecule has 24 heavy (non-hydrogen) atoms. The van der Waals surface area contributed by atoms with Crippen LogP contribution in [-0.2, 0) is 16.4 Å². The topological polar surface area (TPSA) is 9.23 Å². The zero-order chi connectivity index (χ0) is 16.7. The van der Waals surface area contributed by atoms with E-state index in [1.54, 1.807) is 0 Å². The van der Waals surface area contributed by atoms with E-state index in [0.717, 1.165) is 13.3 Å². The van der Waals surface area contributed by atoms with Crippen LogP contribution in [0.1, 0.15) is 16.7 Å². The molecule has 0 saturated carbocycles. The molecular formula is C22H24OSn. The van der Waals surface area contributed by atoms with Crippen molar-refractivity contribution in [3.63, 3.8) is 0 Å². The number of hydrogen-bond donors (Lipinski definition) is 0. The average molecular weight is 423 g/mol. The third-order valence-corrected chi connectivity index (χ3v) is 16.0. The van der Waals surface area contributed by atoms with Gasteiger partial charge in [0.2, 0.25) is 0 Å². The van der Waals surface area contributed by atoms with Crippen molar-refractivity contribution in [2.75, 3.05) is 7.11 Å². The molecule has 2 heteroatoms. The van der Waals surface area contributed by atoms with Crippen molar-refractivity contribution < 1.29 is 3.07 Å². The standard InChI is InChI=1S/3C7H7.CH3O.Sn/c3*1-7-5-3-2-4-6-7;1-2;/h3*2-6H,1H2;1H3;/q;;;-1;+1. The summed E-state index contributed by atoms with van der Waals surface area (Å²) in [5, 5.41) is 0. The molecule has 0 amide bonds. The predicted molar refractivity (Wildman–Crippen MR) is 103 cm³/mol. The van der Waals surface area contributed by atoms with Gasteiger partial charge in [-0.15, -0.1) is 0 Å². The summed E-state index contributed by atoms with van der Waals surface area (Å²) >= 11 is -2.89. The van der Waals surface area contributed by atoms with Crippen molar-refractivity contribution in [2.45, 2.75) is 13.3 Å². The SMILES string of the molecule is C[O][Sn]([CH2]c1ccccc1)([CH2]c1ccccc1)[CH2]c1ccccc1. The van der Waals surface area contributed by atoms with Gasteiger partial charge in [-0.25, -0.2) is 0 Å². The molecule has 3 aromatic rings. The van der Waals surface area contributed by atoms with Crippen LogP contribution in [0.5, 0.6) is 0 Å². The van der Waals surface area contributed by atoms with Crippen LogP contribution in [0, 0.1) is 0 Å². The van der Waals surface area contributed by atoms with Crippen LogP contribution in [0.2, 0.25) is 0 Å². The van der Waals surface area contributed by atoms with Crippen LogP contribution in [-0.4, -0.2) is 25.9 Å². The van der Waals surface area contributed by atoms with Gasteiger partial charge < -0.3 is 0 Å². The van der Waals surface area contributed by atoms with E-state index < -0.39 is 18.8 Å². The molecule has 3 rings (SSSR count). The van der Waals surface area contributed by atoms with Gasteiger partial charge in [-0.1, -0.05) is 0 Å². The van der Waals surface area contributed by atoms with Gasteiger partial charge in [-0.2, -0.15) is 0 Å². The van der Waals surface area contributed by atoms with Crippen molar-refractivity contribution in [3.05, 3.63) is 108 Å². The molecule has 0 aliphatic heterocycles. The van der Waals surface area contributed by atoms with E-state index >= 15 is 0 Å². The molecular weight excluding hydrogens is 399 g/mol. The first kappa shape index (κ1) is 17.2. The predicted octanol–water partition coefficient (Wildman–Crippen LogP) is 4.92. The second-order valence-corrected chi connectivity index (χ2v) is 17.3. The molecule has 0 spiro atoms. The van der Waals surface area contributed by atoms with E-state index in [1.807, 2.05) is 7.11 Å². The Kier molecular flexibility index (Phi) is 6.11. The van der Waals surface area contributed by atoms with Gasteiger partial charge in [0, 0.05) is 0 Å². The minimum absolute atomic E-state index is 1.11. The maximum atomic E-state index is 6.36. The zero-order valence-electron chi connectivity index (χ0n) is 14.2. The summed E-state index contributed by atoms with van der Waals surface area (Å²) in [4.78, 5) is 0. The van der Waals surface area contributed by atoms with Crippen LogP contribution in [0.15, 0.2) is 91.0 Å². The molecule has 0 saturated heterocycles. The summed E-state index contributed by atoms with van der Waals surface area (Å²) in [7, 11) is 1.94. The number of rotatable bonds is 7. The quantitative estimate of drug-likeness (QED) is 0.491. The summed E-state index contributed by atoms with van der Waals surface area (Å²) in [6.07, 6.45) is 0. The second kappa shape index (κ2) is 8.50. The zero-order valence-corrected chi connectivity index (χ0v) is 17.0. The molecule has 122 valence electrons. The van der Waals surface area contributed by atoms with E-state index in [9.17, 15) is 0 Å². The third-order valence-electron chi connectivity index (χ3n) is 4.54. The Labute approximate surface area is 149 Å². The van der Waals surface area contributed by atoms with Crippen molar-refractivity contribution in [1.29, 1.82) is 0 Å². The van der Waals surface area contributed by atoms with Crippen LogP contribution < -0.4 is 0 Å². The molecule has 0 unspecified atom stereocenters. The first-order chi connectivity index (χ1) is 11.8. The Hall–Kier alpha value is -1.58. The fourth-order valence-electron chi connectivity index (χ4n) is 3.31. The van der Waals surface area contributed by atoms with Crippen molar-refractivity contribution in [3.8, 4) is 0 Å². The molecule has 0 aliphatic carbocycles. The Morgan fingerprint density at radius 3 is 1.08 bits per heavy atom. The molecule has 0 bridgehead atoms. The van der Waals surface area contributed by atoms with Crippen LogP contribution in [0.4, 0.5) is 0 Å². The molecule has 0 N–H and O–H groups in total. The fourth-order valence-corrected chi connectivity index (χ4v) is 14.0. The van der Waals surface area contributed by atoms with Gasteiger partial charge in [0.05, 0.1) is 0 Å². The first-order valence-electron chi connectivity index (χ1n) is 8.47. The summed E-state index contributed by atoms with van der Waals surface area (Å²) in [5.74, 6) is 0. The van der Waals surface area contributed by atoms with Gasteiger partial charge in [0.15, 0.2) is 0 Å². The Balaban J connectivity index is 1.91. The van der Waals surface area contributed by atoms with Gasteiger partial charge in [0.1, 0.15) is 0 Å². The summed E-state index contributed by atoms with van der Waals surface area (Å²) in [6, 6.07) is 32.5. The Morgan fingerprint density at radius 2 is 0.833 bits per heavy atom. The normalized spacial score (nSPS) is 11.4. The molecule has 0 heterocycles. The summed E-state index contributed by atoms with van der Waals surface area (Å²) in [6.45, 7) is 0. The Morgan fingerprint density at radius 1 is 0.542 bits per heavy atom. The second-order valence-electron chi connectivity index (χ2n) is 6.37. The van der Waals surface area contributed by atoms with Crippen LogP contribution >= 0.6 is 0 Å². The molecule has 1 nitrogen and oxygen atoms in total. The van der Waals surface area contributed by atoms with Gasteiger partial charge in [0.25, 0.3) is 0 Å². The van der Waals surface area contributed by atoms with Gasteiger partial charge >= 0.3 is 150 Å². The fraction of sp³-hybridized carbons (Fsp3) is 0.182. The van der Waals surface area contributed by atoms with E-state index in [2.05, 4.69) is 91.0 Å². The number of hydrogen-bond acceptors (Lipinski definition) is 1. The minimum atomic E-state index is -2.89. The van der Waals surface area contributed by atoms with E-state index in [0.29, 0.717) is 0 Å². The van der Waals surface area contributed by atoms with Gasteiger partial charge in [-0.05, 0) is 0 Å². The van der Waals surface area contributed by atoms with Crippen molar-refractivity contribution in [2.24, 2.45) is 0 Å². The molecule has 0 aromatic heterocycles. The van der Waals surface area contributed by atoms with E-state index in [4.69, 9.17) is 3.07 Å². The summed E-state index contributed by atoms with van der Waals surface area (Å²) < 4.78 is 9.68. The average Bonchev–Trinajstić information content (AvgIpc) is 2.64. The third kappa shape index (κ3) is 4.71. The molecule has 0 atom stereocenters. The molecule has 3 aromatic carbocycles. The molecule has 0 fully saturated rings. The van der Waals surface area contributed by atoms with E-state index in [-0.39, 0.29) is 0 Å². The first-order valence-corrected chi connectivity index (χ1v) is 15.7. The Bertz CT molecular complexity index is 624. The van der Waals surface area contributed by atoms with Crippen LogP contribution in [0.3, 0.4) is 0 Å². The van der Waals surface area contributed by atoms with Crippen molar-refractivity contribution >= 4 is 18.8 Å². The molecule has 0 aliphatic rings. The monoisotopic (exact) mass is 424 g/mol. The summed E-state index contributed by atoms with van der Waals surface area (Å²) in [5.41, 5.74) is 4.21. The number of benzene rings is 3. The maximum absolute atomic E-state index is 6.36. The van der Waals surface area contributed by atoms with Gasteiger partial charge in [-0.3, -0.25) is 0 Å².